The van der Waals surface area contributed by atoms with Crippen LogP contribution < -0.4 is 5.73 Å². The lowest BCUT2D eigenvalue weighted by molar-refractivity contribution is 0.714. The topological polar surface area (TPSA) is 82.5 Å². The molecule has 0 aromatic carbocycles. The van der Waals surface area contributed by atoms with Gasteiger partial charge in [-0.25, -0.2) is 9.67 Å². The summed E-state index contributed by atoms with van der Waals surface area (Å²) in [4.78, 5) is 4.06. The molecule has 0 aliphatic heterocycles. The van der Waals surface area contributed by atoms with Crippen LogP contribution in [-0.4, -0.2) is 25.2 Å². The van der Waals surface area contributed by atoms with E-state index in [2.05, 4.69) is 20.5 Å². The number of nitrogen functional groups attached to an aromatic ring is 1. The number of nitrogens with zero attached hydrogens (tertiary/aromatic N) is 5. The summed E-state index contributed by atoms with van der Waals surface area (Å²) >= 11 is 5.94. The fourth-order valence-corrected chi connectivity index (χ4v) is 1.31. The SMILES string of the molecule is Cn1nnnc1-c1ncc(N)cc1Cl. The molecule has 0 saturated carbocycles. The molecule has 0 aliphatic carbocycles. The van der Waals surface area contributed by atoms with Gasteiger partial charge < -0.3 is 5.73 Å². The van der Waals surface area contributed by atoms with Crippen LogP contribution in [0.3, 0.4) is 0 Å². The molecule has 0 amide bonds. The number of pyridine rings is 1. The molecule has 0 spiro atoms. The van der Waals surface area contributed by atoms with Gasteiger partial charge in [-0.15, -0.1) is 5.10 Å². The molecule has 0 atom stereocenters. The van der Waals surface area contributed by atoms with Gasteiger partial charge in [-0.05, 0) is 16.5 Å². The first-order valence-corrected chi connectivity index (χ1v) is 4.20. The summed E-state index contributed by atoms with van der Waals surface area (Å²) in [6.07, 6.45) is 1.51. The number of halogens is 1. The molecular formula is C7H7ClN6. The fourth-order valence-electron chi connectivity index (χ4n) is 1.05. The van der Waals surface area contributed by atoms with Crippen molar-refractivity contribution in [1.82, 2.24) is 25.2 Å². The van der Waals surface area contributed by atoms with Gasteiger partial charge in [-0.3, -0.25) is 0 Å². The second-order valence-corrected chi connectivity index (χ2v) is 3.13. The Balaban J connectivity index is 2.58. The summed E-state index contributed by atoms with van der Waals surface area (Å²) in [7, 11) is 1.71. The van der Waals surface area contributed by atoms with Crippen LogP contribution in [0, 0.1) is 0 Å². The molecule has 2 rings (SSSR count). The smallest absolute Gasteiger partial charge is 0.201 e. The van der Waals surface area contributed by atoms with Crippen molar-refractivity contribution in [2.24, 2.45) is 7.05 Å². The van der Waals surface area contributed by atoms with Gasteiger partial charge in [0, 0.05) is 7.05 Å². The minimum atomic E-state index is 0.433. The molecule has 0 aliphatic rings. The van der Waals surface area contributed by atoms with Crippen LogP contribution >= 0.6 is 11.6 Å². The molecule has 14 heavy (non-hydrogen) atoms. The summed E-state index contributed by atoms with van der Waals surface area (Å²) in [5, 5.41) is 11.4. The van der Waals surface area contributed by atoms with E-state index in [0.29, 0.717) is 22.2 Å². The number of rotatable bonds is 1. The first-order valence-electron chi connectivity index (χ1n) is 3.82. The minimum Gasteiger partial charge on any atom is -0.397 e. The molecule has 6 nitrogen and oxygen atoms in total. The van der Waals surface area contributed by atoms with Crippen molar-refractivity contribution in [1.29, 1.82) is 0 Å². The van der Waals surface area contributed by atoms with Crippen molar-refractivity contribution in [3.05, 3.63) is 17.3 Å². The summed E-state index contributed by atoms with van der Waals surface area (Å²) in [6, 6.07) is 1.61. The zero-order chi connectivity index (χ0) is 10.1. The van der Waals surface area contributed by atoms with Crippen molar-refractivity contribution < 1.29 is 0 Å². The van der Waals surface area contributed by atoms with Gasteiger partial charge in [0.2, 0.25) is 5.82 Å². The molecule has 0 radical (unpaired) electrons. The maximum absolute atomic E-state index is 5.94. The maximum Gasteiger partial charge on any atom is 0.201 e. The third-order valence-corrected chi connectivity index (χ3v) is 1.98. The number of hydrogen-bond acceptors (Lipinski definition) is 5. The number of tetrazole rings is 1. The first kappa shape index (κ1) is 8.89. The van der Waals surface area contributed by atoms with Gasteiger partial charge >= 0.3 is 0 Å². The molecular weight excluding hydrogens is 204 g/mol. The molecule has 0 saturated heterocycles. The lowest BCUT2D eigenvalue weighted by Crippen LogP contribution is -1.98. The number of aromatic nitrogens is 5. The average molecular weight is 211 g/mol. The Hall–Kier alpha value is -1.69. The molecule has 0 bridgehead atoms. The van der Waals surface area contributed by atoms with E-state index >= 15 is 0 Å². The summed E-state index contributed by atoms with van der Waals surface area (Å²) in [5.74, 6) is 0.509. The Kier molecular flexibility index (Phi) is 2.05. The van der Waals surface area contributed by atoms with Crippen molar-refractivity contribution >= 4 is 17.3 Å². The molecule has 72 valence electrons. The van der Waals surface area contributed by atoms with E-state index in [-0.39, 0.29) is 0 Å². The zero-order valence-electron chi connectivity index (χ0n) is 7.35. The molecule has 2 N–H and O–H groups in total. The molecule has 2 heterocycles. The lowest BCUT2D eigenvalue weighted by Gasteiger charge is -2.01. The van der Waals surface area contributed by atoms with Crippen LogP contribution in [0.15, 0.2) is 12.3 Å². The Morgan fingerprint density at radius 1 is 1.50 bits per heavy atom. The van der Waals surface area contributed by atoms with Crippen molar-refractivity contribution in [2.75, 3.05) is 5.73 Å². The Bertz CT molecular complexity index is 465. The standard InChI is InChI=1S/C7H7ClN6/c1-14-7(11-12-13-14)6-5(8)2-4(9)3-10-6/h2-3H,9H2,1H3. The van der Waals surface area contributed by atoms with Gasteiger partial charge in [-0.1, -0.05) is 11.6 Å². The van der Waals surface area contributed by atoms with E-state index < -0.39 is 0 Å². The predicted octanol–water partition coefficient (Wildman–Crippen LogP) is 0.508. The highest BCUT2D eigenvalue weighted by molar-refractivity contribution is 6.33. The molecule has 0 unspecified atom stereocenters. The molecule has 0 fully saturated rings. The quantitative estimate of drug-likeness (QED) is 0.742. The summed E-state index contributed by atoms with van der Waals surface area (Å²) in [5.41, 5.74) is 6.54. The van der Waals surface area contributed by atoms with E-state index in [1.54, 1.807) is 13.1 Å². The Morgan fingerprint density at radius 2 is 2.29 bits per heavy atom. The third kappa shape index (κ3) is 1.39. The van der Waals surface area contributed by atoms with Gasteiger partial charge in [0.25, 0.3) is 0 Å². The van der Waals surface area contributed by atoms with Crippen molar-refractivity contribution in [3.8, 4) is 11.5 Å². The normalized spacial score (nSPS) is 10.4. The number of hydrogen-bond donors (Lipinski definition) is 1. The second-order valence-electron chi connectivity index (χ2n) is 2.73. The highest BCUT2D eigenvalue weighted by Crippen LogP contribution is 2.24. The molecule has 2 aromatic rings. The maximum atomic E-state index is 5.94. The van der Waals surface area contributed by atoms with Crippen molar-refractivity contribution in [2.45, 2.75) is 0 Å². The summed E-state index contributed by atoms with van der Waals surface area (Å²) in [6.45, 7) is 0. The predicted molar refractivity (Wildman–Crippen MR) is 51.5 cm³/mol. The van der Waals surface area contributed by atoms with Gasteiger partial charge in [0.05, 0.1) is 16.9 Å². The van der Waals surface area contributed by atoms with Crippen LogP contribution in [-0.2, 0) is 7.05 Å². The number of nitrogens with two attached hydrogens (primary N) is 1. The van der Waals surface area contributed by atoms with E-state index in [1.165, 1.54) is 10.9 Å². The Labute approximate surface area is 84.7 Å². The minimum absolute atomic E-state index is 0.433. The first-order chi connectivity index (χ1) is 6.68. The van der Waals surface area contributed by atoms with Crippen LogP contribution in [0.5, 0.6) is 0 Å². The van der Waals surface area contributed by atoms with Crippen LogP contribution in [0.1, 0.15) is 0 Å². The fraction of sp³-hybridized carbons (Fsp3) is 0.143. The highest BCUT2D eigenvalue weighted by Gasteiger charge is 2.11. The van der Waals surface area contributed by atoms with Crippen LogP contribution in [0.25, 0.3) is 11.5 Å². The van der Waals surface area contributed by atoms with Crippen LogP contribution in [0.2, 0.25) is 5.02 Å². The third-order valence-electron chi connectivity index (χ3n) is 1.69. The molecule has 2 aromatic heterocycles. The van der Waals surface area contributed by atoms with E-state index in [4.69, 9.17) is 17.3 Å². The van der Waals surface area contributed by atoms with E-state index in [9.17, 15) is 0 Å². The second kappa shape index (κ2) is 3.22. The number of aryl methyl sites for hydroxylation is 1. The van der Waals surface area contributed by atoms with E-state index in [0.717, 1.165) is 0 Å². The number of anilines is 1. The lowest BCUT2D eigenvalue weighted by atomic mass is 10.3. The molecule has 7 heteroatoms. The monoisotopic (exact) mass is 210 g/mol. The Morgan fingerprint density at radius 3 is 2.86 bits per heavy atom. The van der Waals surface area contributed by atoms with Crippen LogP contribution in [0.4, 0.5) is 5.69 Å². The highest BCUT2D eigenvalue weighted by atomic mass is 35.5. The van der Waals surface area contributed by atoms with Gasteiger partial charge in [0.15, 0.2) is 0 Å². The van der Waals surface area contributed by atoms with Gasteiger partial charge in [0.1, 0.15) is 5.69 Å². The average Bonchev–Trinajstić information content (AvgIpc) is 2.52. The van der Waals surface area contributed by atoms with Gasteiger partial charge in [-0.2, -0.15) is 0 Å². The van der Waals surface area contributed by atoms with E-state index in [1.807, 2.05) is 0 Å². The summed E-state index contributed by atoms with van der Waals surface area (Å²) < 4.78 is 1.49. The van der Waals surface area contributed by atoms with Crippen molar-refractivity contribution in [3.63, 3.8) is 0 Å². The zero-order valence-corrected chi connectivity index (χ0v) is 8.10. The largest absolute Gasteiger partial charge is 0.397 e.